The highest BCUT2D eigenvalue weighted by atomic mass is 35.5. The largest absolute Gasteiger partial charge is 0.486 e. The lowest BCUT2D eigenvalue weighted by Gasteiger charge is -2.13. The highest BCUT2D eigenvalue weighted by molar-refractivity contribution is 7.89. The molecular formula is C21H20ClN3O6S. The molecule has 0 fully saturated rings. The molecule has 0 spiro atoms. The molecule has 1 aromatic heterocycles. The monoisotopic (exact) mass is 477 g/mol. The second-order valence-electron chi connectivity index (χ2n) is 6.71. The lowest BCUT2D eigenvalue weighted by molar-refractivity contribution is 0.0828. The summed E-state index contributed by atoms with van der Waals surface area (Å²) in [5, 5.41) is 0.0211. The van der Waals surface area contributed by atoms with Crippen LogP contribution in [0.3, 0.4) is 0 Å². The molecule has 3 rings (SSSR count). The number of hydrogen-bond acceptors (Lipinski definition) is 6. The molecule has 0 saturated carbocycles. The average Bonchev–Trinajstić information content (AvgIpc) is 3.26. The van der Waals surface area contributed by atoms with Gasteiger partial charge in [-0.2, -0.15) is 0 Å². The lowest BCUT2D eigenvalue weighted by Crippen LogP contribution is -2.41. The number of hydrazine groups is 1. The Labute approximate surface area is 189 Å². The lowest BCUT2D eigenvalue weighted by atomic mass is 10.2. The summed E-state index contributed by atoms with van der Waals surface area (Å²) in [6.07, 6.45) is 0. The van der Waals surface area contributed by atoms with Crippen LogP contribution in [0.1, 0.15) is 26.7 Å². The molecular weight excluding hydrogens is 458 g/mol. The number of halogens is 1. The second kappa shape index (κ2) is 9.86. The van der Waals surface area contributed by atoms with Gasteiger partial charge in [-0.3, -0.25) is 20.4 Å². The molecule has 0 unspecified atom stereocenters. The van der Waals surface area contributed by atoms with E-state index in [0.29, 0.717) is 11.5 Å². The summed E-state index contributed by atoms with van der Waals surface area (Å²) in [6, 6.07) is 15.8. The second-order valence-corrected chi connectivity index (χ2v) is 9.26. The van der Waals surface area contributed by atoms with Crippen LogP contribution in [0, 0.1) is 0 Å². The Morgan fingerprint density at radius 3 is 2.38 bits per heavy atom. The van der Waals surface area contributed by atoms with Crippen LogP contribution in [0.25, 0.3) is 0 Å². The Bertz CT molecular complexity index is 1230. The van der Waals surface area contributed by atoms with Crippen molar-refractivity contribution in [2.24, 2.45) is 0 Å². The summed E-state index contributed by atoms with van der Waals surface area (Å²) < 4.78 is 36.5. The Kier molecular flexibility index (Phi) is 7.18. The van der Waals surface area contributed by atoms with Gasteiger partial charge in [-0.1, -0.05) is 29.8 Å². The third-order valence-electron chi connectivity index (χ3n) is 4.26. The molecule has 2 amide bonds. The van der Waals surface area contributed by atoms with Gasteiger partial charge in [-0.25, -0.2) is 12.7 Å². The number of benzene rings is 2. The van der Waals surface area contributed by atoms with Gasteiger partial charge in [-0.05, 0) is 42.5 Å². The van der Waals surface area contributed by atoms with Crippen LogP contribution in [0.5, 0.6) is 5.75 Å². The molecule has 32 heavy (non-hydrogen) atoms. The molecule has 0 atom stereocenters. The highest BCUT2D eigenvalue weighted by Crippen LogP contribution is 2.22. The van der Waals surface area contributed by atoms with Crippen molar-refractivity contribution in [2.75, 3.05) is 14.1 Å². The summed E-state index contributed by atoms with van der Waals surface area (Å²) in [6.45, 7) is 0.117. The zero-order valence-corrected chi connectivity index (χ0v) is 18.7. The van der Waals surface area contributed by atoms with E-state index in [0.717, 1.165) is 10.4 Å². The van der Waals surface area contributed by atoms with Crippen molar-refractivity contribution in [3.05, 3.63) is 82.8 Å². The number of carbonyl (C=O) groups is 2. The zero-order valence-electron chi connectivity index (χ0n) is 17.2. The van der Waals surface area contributed by atoms with Crippen LogP contribution in [0.15, 0.2) is 70.0 Å². The molecule has 168 valence electrons. The van der Waals surface area contributed by atoms with E-state index < -0.39 is 21.8 Å². The number of sulfonamides is 1. The van der Waals surface area contributed by atoms with Gasteiger partial charge in [0, 0.05) is 14.1 Å². The van der Waals surface area contributed by atoms with Gasteiger partial charge in [0.15, 0.2) is 5.76 Å². The van der Waals surface area contributed by atoms with E-state index in [2.05, 4.69) is 10.9 Å². The van der Waals surface area contributed by atoms with Crippen molar-refractivity contribution in [3.63, 3.8) is 0 Å². The molecule has 0 bridgehead atoms. The van der Waals surface area contributed by atoms with Crippen molar-refractivity contribution >= 4 is 33.4 Å². The van der Waals surface area contributed by atoms with Crippen LogP contribution in [-0.4, -0.2) is 38.6 Å². The Hall–Kier alpha value is -3.34. The minimum absolute atomic E-state index is 0.0211. The smallest absolute Gasteiger partial charge is 0.305 e. The molecule has 0 saturated heterocycles. The van der Waals surface area contributed by atoms with Crippen molar-refractivity contribution in [3.8, 4) is 5.75 Å². The zero-order chi connectivity index (χ0) is 23.3. The first kappa shape index (κ1) is 23.3. The number of nitrogens with one attached hydrogen (secondary N) is 2. The first-order valence-electron chi connectivity index (χ1n) is 9.28. The Morgan fingerprint density at radius 1 is 1.00 bits per heavy atom. The average molecular weight is 478 g/mol. The fourth-order valence-electron chi connectivity index (χ4n) is 2.54. The van der Waals surface area contributed by atoms with E-state index in [1.807, 2.05) is 18.2 Å². The number of furan rings is 1. The minimum Gasteiger partial charge on any atom is -0.486 e. The predicted octanol–water partition coefficient (Wildman–Crippen LogP) is 2.84. The number of para-hydroxylation sites is 1. The van der Waals surface area contributed by atoms with Gasteiger partial charge in [0.1, 0.15) is 18.1 Å². The summed E-state index contributed by atoms with van der Waals surface area (Å²) in [5.74, 6) is -0.490. The fourth-order valence-corrected chi connectivity index (χ4v) is 3.67. The molecule has 3 aromatic rings. The standard InChI is InChI=1S/C21H20ClN3O6S/c1-25(2)32(28,29)16-9-10-18(22)17(12-16)20(26)23-24-21(27)19-11-8-15(31-19)13-30-14-6-4-3-5-7-14/h3-12H,13H2,1-2H3,(H,23,26)(H,24,27). The summed E-state index contributed by atoms with van der Waals surface area (Å²) in [7, 11) is -1.03. The van der Waals surface area contributed by atoms with Crippen molar-refractivity contribution in [2.45, 2.75) is 11.5 Å². The van der Waals surface area contributed by atoms with E-state index in [9.17, 15) is 18.0 Å². The van der Waals surface area contributed by atoms with Gasteiger partial charge in [0.25, 0.3) is 5.91 Å². The van der Waals surface area contributed by atoms with Crippen molar-refractivity contribution in [1.82, 2.24) is 15.2 Å². The molecule has 0 aliphatic carbocycles. The van der Waals surface area contributed by atoms with Crippen LogP contribution >= 0.6 is 11.6 Å². The van der Waals surface area contributed by atoms with Gasteiger partial charge >= 0.3 is 5.91 Å². The number of nitrogens with zero attached hydrogens (tertiary/aromatic N) is 1. The SMILES string of the molecule is CN(C)S(=O)(=O)c1ccc(Cl)c(C(=O)NNC(=O)c2ccc(COc3ccccc3)o2)c1. The maximum absolute atomic E-state index is 12.4. The Morgan fingerprint density at radius 2 is 1.69 bits per heavy atom. The molecule has 0 aliphatic rings. The van der Waals surface area contributed by atoms with Crippen LogP contribution in [-0.2, 0) is 16.6 Å². The molecule has 0 aliphatic heterocycles. The number of carbonyl (C=O) groups excluding carboxylic acids is 2. The summed E-state index contributed by atoms with van der Waals surface area (Å²) in [4.78, 5) is 24.6. The predicted molar refractivity (Wildman–Crippen MR) is 117 cm³/mol. The Balaban J connectivity index is 1.62. The van der Waals surface area contributed by atoms with E-state index in [4.69, 9.17) is 20.8 Å². The van der Waals surface area contributed by atoms with Crippen LogP contribution in [0.4, 0.5) is 0 Å². The number of amides is 2. The molecule has 2 N–H and O–H groups in total. The summed E-state index contributed by atoms with van der Waals surface area (Å²) in [5.41, 5.74) is 4.27. The maximum Gasteiger partial charge on any atom is 0.305 e. The van der Waals surface area contributed by atoms with E-state index in [1.54, 1.807) is 18.2 Å². The molecule has 0 radical (unpaired) electrons. The van der Waals surface area contributed by atoms with E-state index >= 15 is 0 Å². The van der Waals surface area contributed by atoms with E-state index in [1.165, 1.54) is 32.3 Å². The molecule has 2 aromatic carbocycles. The first-order chi connectivity index (χ1) is 15.2. The first-order valence-corrected chi connectivity index (χ1v) is 11.1. The van der Waals surface area contributed by atoms with Crippen LogP contribution < -0.4 is 15.6 Å². The number of rotatable bonds is 7. The van der Waals surface area contributed by atoms with Gasteiger partial charge in [0.05, 0.1) is 15.5 Å². The van der Waals surface area contributed by atoms with E-state index in [-0.39, 0.29) is 27.8 Å². The van der Waals surface area contributed by atoms with Crippen LogP contribution in [0.2, 0.25) is 5.02 Å². The molecule has 11 heteroatoms. The normalized spacial score (nSPS) is 11.2. The third kappa shape index (κ3) is 5.47. The third-order valence-corrected chi connectivity index (χ3v) is 6.40. The van der Waals surface area contributed by atoms with Gasteiger partial charge < -0.3 is 9.15 Å². The number of ether oxygens (including phenoxy) is 1. The van der Waals surface area contributed by atoms with Gasteiger partial charge in [0.2, 0.25) is 10.0 Å². The fraction of sp³-hybridized carbons (Fsp3) is 0.143. The minimum atomic E-state index is -3.77. The molecule has 1 heterocycles. The topological polar surface area (TPSA) is 118 Å². The van der Waals surface area contributed by atoms with Crippen molar-refractivity contribution < 1.29 is 27.2 Å². The molecule has 9 nitrogen and oxygen atoms in total. The highest BCUT2D eigenvalue weighted by Gasteiger charge is 2.21. The van der Waals surface area contributed by atoms with Crippen molar-refractivity contribution in [1.29, 1.82) is 0 Å². The number of hydrogen-bond donors (Lipinski definition) is 2. The van der Waals surface area contributed by atoms with Gasteiger partial charge in [-0.15, -0.1) is 0 Å². The maximum atomic E-state index is 12.4. The summed E-state index contributed by atoms with van der Waals surface area (Å²) >= 11 is 6.03. The quantitative estimate of drug-likeness (QED) is 0.505.